The highest BCUT2D eigenvalue weighted by Gasteiger charge is 2.31. The zero-order valence-electron chi connectivity index (χ0n) is 20.4. The van der Waals surface area contributed by atoms with Gasteiger partial charge in [0.05, 0.1) is 12.7 Å². The smallest absolute Gasteiger partial charge is 0.337 e. The number of methoxy groups -OCH3 is 1. The maximum Gasteiger partial charge on any atom is 0.337 e. The van der Waals surface area contributed by atoms with Crippen molar-refractivity contribution in [2.75, 3.05) is 33.4 Å². The number of rotatable bonds is 9. The summed E-state index contributed by atoms with van der Waals surface area (Å²) in [6, 6.07) is 23.4. The number of nitrogens with zero attached hydrogens (tertiary/aromatic N) is 1. The minimum atomic E-state index is -0.320. The molecule has 1 saturated heterocycles. The molecule has 1 N–H and O–H groups in total. The van der Waals surface area contributed by atoms with E-state index < -0.39 is 0 Å². The van der Waals surface area contributed by atoms with Gasteiger partial charge in [0.25, 0.3) is 0 Å². The predicted molar refractivity (Wildman–Crippen MR) is 141 cm³/mol. The van der Waals surface area contributed by atoms with Crippen molar-refractivity contribution in [1.82, 2.24) is 10.2 Å². The molecule has 0 aromatic heterocycles. The number of ether oxygens (including phenoxy) is 2. The van der Waals surface area contributed by atoms with Crippen LogP contribution < -0.4 is 10.1 Å². The van der Waals surface area contributed by atoms with E-state index in [2.05, 4.69) is 34.5 Å². The first-order valence-electron chi connectivity index (χ1n) is 12.7. The van der Waals surface area contributed by atoms with Gasteiger partial charge in [0.15, 0.2) is 0 Å². The molecule has 2 aliphatic rings. The Balaban J connectivity index is 1.28. The van der Waals surface area contributed by atoms with Gasteiger partial charge in [0.2, 0.25) is 0 Å². The summed E-state index contributed by atoms with van der Waals surface area (Å²) in [5, 5.41) is 6.08. The molecule has 35 heavy (non-hydrogen) atoms. The summed E-state index contributed by atoms with van der Waals surface area (Å²) >= 11 is 0. The molecule has 0 bridgehead atoms. The van der Waals surface area contributed by atoms with Gasteiger partial charge in [-0.25, -0.2) is 4.79 Å². The van der Waals surface area contributed by atoms with E-state index in [-0.39, 0.29) is 5.97 Å². The Morgan fingerprint density at radius 2 is 1.71 bits per heavy atom. The Morgan fingerprint density at radius 3 is 2.46 bits per heavy atom. The fraction of sp³-hybridized carbons (Fsp3) is 0.367. The molecular weight excluding hydrogens is 436 g/mol. The monoisotopic (exact) mass is 470 g/mol. The van der Waals surface area contributed by atoms with Crippen LogP contribution in [0.4, 0.5) is 0 Å². The van der Waals surface area contributed by atoms with Gasteiger partial charge in [-0.15, -0.1) is 0 Å². The fourth-order valence-electron chi connectivity index (χ4n) is 4.89. The van der Waals surface area contributed by atoms with Crippen LogP contribution in [-0.4, -0.2) is 56.3 Å². The predicted octanol–water partition coefficient (Wildman–Crippen LogP) is 5.31. The Kier molecular flexibility index (Phi) is 7.45. The maximum absolute atomic E-state index is 11.8. The Morgan fingerprint density at radius 1 is 0.971 bits per heavy atom. The van der Waals surface area contributed by atoms with E-state index in [0.717, 1.165) is 29.3 Å². The number of hydrogen-bond donors (Lipinski definition) is 1. The number of carbonyl (C=O) groups is 1. The van der Waals surface area contributed by atoms with Crippen molar-refractivity contribution in [3.63, 3.8) is 0 Å². The molecule has 1 aliphatic carbocycles. The standard InChI is InChI=1S/C30H34N2O3/c1-34-30(33)25-11-9-22(10-12-25)19-23(20-31-26-15-17-32(18-16-26)27-13-14-27)21-35-29-8-4-6-24-5-2-3-7-28(24)29/h2-12,19,26-27,31H,13-18,20-21H2,1H3/b23-19-. The van der Waals surface area contributed by atoms with Crippen LogP contribution in [0.3, 0.4) is 0 Å². The molecule has 1 heterocycles. The molecule has 3 aromatic carbocycles. The van der Waals surface area contributed by atoms with Crippen LogP contribution in [0.1, 0.15) is 41.6 Å². The van der Waals surface area contributed by atoms with Gasteiger partial charge in [-0.05, 0) is 73.5 Å². The van der Waals surface area contributed by atoms with E-state index in [1.807, 2.05) is 48.5 Å². The summed E-state index contributed by atoms with van der Waals surface area (Å²) in [5.41, 5.74) is 2.77. The highest BCUT2D eigenvalue weighted by Crippen LogP contribution is 2.29. The first-order chi connectivity index (χ1) is 17.2. The maximum atomic E-state index is 11.8. The molecule has 0 unspecified atom stereocenters. The van der Waals surface area contributed by atoms with Crippen LogP contribution in [-0.2, 0) is 4.74 Å². The van der Waals surface area contributed by atoms with Crippen LogP contribution in [0, 0.1) is 0 Å². The van der Waals surface area contributed by atoms with Crippen molar-refractivity contribution in [1.29, 1.82) is 0 Å². The van der Waals surface area contributed by atoms with Gasteiger partial charge in [0, 0.05) is 24.0 Å². The van der Waals surface area contributed by atoms with Gasteiger partial charge in [-0.1, -0.05) is 54.6 Å². The molecule has 1 saturated carbocycles. The summed E-state index contributed by atoms with van der Waals surface area (Å²) in [5.74, 6) is 0.576. The quantitative estimate of drug-likeness (QED) is 0.430. The normalized spacial score (nSPS) is 17.5. The summed E-state index contributed by atoms with van der Waals surface area (Å²) in [6.07, 6.45) is 7.32. The number of fused-ring (bicyclic) bond motifs is 1. The second kappa shape index (κ2) is 11.1. The van der Waals surface area contributed by atoms with Gasteiger partial charge < -0.3 is 19.7 Å². The molecule has 5 heteroatoms. The zero-order chi connectivity index (χ0) is 24.0. The molecule has 0 amide bonds. The number of nitrogens with one attached hydrogen (secondary N) is 1. The molecule has 5 rings (SSSR count). The third-order valence-electron chi connectivity index (χ3n) is 7.08. The van der Waals surface area contributed by atoms with E-state index in [4.69, 9.17) is 9.47 Å². The number of benzene rings is 3. The van der Waals surface area contributed by atoms with Crippen molar-refractivity contribution in [3.05, 3.63) is 83.4 Å². The molecule has 3 aromatic rings. The average molecular weight is 471 g/mol. The van der Waals surface area contributed by atoms with Gasteiger partial charge in [-0.3, -0.25) is 0 Å². The highest BCUT2D eigenvalue weighted by molar-refractivity contribution is 5.89. The van der Waals surface area contributed by atoms with Crippen molar-refractivity contribution >= 4 is 22.8 Å². The minimum absolute atomic E-state index is 0.320. The van der Waals surface area contributed by atoms with Gasteiger partial charge >= 0.3 is 5.97 Å². The average Bonchev–Trinajstić information content (AvgIpc) is 3.76. The lowest BCUT2D eigenvalue weighted by atomic mass is 10.0. The lowest BCUT2D eigenvalue weighted by molar-refractivity contribution is 0.0600. The minimum Gasteiger partial charge on any atom is -0.489 e. The Labute approximate surface area is 207 Å². The van der Waals surface area contributed by atoms with E-state index in [9.17, 15) is 4.79 Å². The first-order valence-corrected chi connectivity index (χ1v) is 12.7. The fourth-order valence-corrected chi connectivity index (χ4v) is 4.89. The molecule has 2 fully saturated rings. The van der Waals surface area contributed by atoms with Crippen molar-refractivity contribution in [2.45, 2.75) is 37.8 Å². The van der Waals surface area contributed by atoms with Crippen molar-refractivity contribution in [3.8, 4) is 5.75 Å². The summed E-state index contributed by atoms with van der Waals surface area (Å²) in [6.45, 7) is 3.67. The zero-order valence-corrected chi connectivity index (χ0v) is 20.4. The Bertz CT molecular complexity index is 1170. The van der Waals surface area contributed by atoms with Crippen LogP contribution in [0.5, 0.6) is 5.75 Å². The van der Waals surface area contributed by atoms with E-state index in [1.54, 1.807) is 0 Å². The van der Waals surface area contributed by atoms with Crippen molar-refractivity contribution < 1.29 is 14.3 Å². The Hall–Kier alpha value is -3.15. The molecule has 5 nitrogen and oxygen atoms in total. The molecule has 182 valence electrons. The SMILES string of the molecule is COC(=O)c1ccc(/C=C(/CNC2CCN(C3CC3)CC2)COc2cccc3ccccc23)cc1. The molecule has 0 spiro atoms. The second-order valence-electron chi connectivity index (χ2n) is 9.60. The first kappa shape index (κ1) is 23.6. The molecule has 1 aliphatic heterocycles. The largest absolute Gasteiger partial charge is 0.489 e. The third kappa shape index (κ3) is 6.11. The number of esters is 1. The van der Waals surface area contributed by atoms with Gasteiger partial charge in [0.1, 0.15) is 12.4 Å². The number of hydrogen-bond acceptors (Lipinski definition) is 5. The van der Waals surface area contributed by atoms with Crippen LogP contribution in [0.25, 0.3) is 16.8 Å². The van der Waals surface area contributed by atoms with Crippen LogP contribution in [0.2, 0.25) is 0 Å². The molecule has 0 atom stereocenters. The van der Waals surface area contributed by atoms with E-state index in [1.165, 1.54) is 56.8 Å². The number of likely N-dealkylation sites (tertiary alicyclic amines) is 1. The van der Waals surface area contributed by atoms with Crippen LogP contribution in [0.15, 0.2) is 72.3 Å². The van der Waals surface area contributed by atoms with E-state index >= 15 is 0 Å². The topological polar surface area (TPSA) is 50.8 Å². The third-order valence-corrected chi connectivity index (χ3v) is 7.08. The summed E-state index contributed by atoms with van der Waals surface area (Å²) in [4.78, 5) is 14.4. The van der Waals surface area contributed by atoms with Gasteiger partial charge in [-0.2, -0.15) is 0 Å². The molecular formula is C30H34N2O3. The number of piperidine rings is 1. The summed E-state index contributed by atoms with van der Waals surface area (Å²) < 4.78 is 11.2. The molecule has 0 radical (unpaired) electrons. The number of carbonyl (C=O) groups excluding carboxylic acids is 1. The second-order valence-corrected chi connectivity index (χ2v) is 9.60. The van der Waals surface area contributed by atoms with Crippen molar-refractivity contribution in [2.24, 2.45) is 0 Å². The highest BCUT2D eigenvalue weighted by atomic mass is 16.5. The lowest BCUT2D eigenvalue weighted by Crippen LogP contribution is -2.44. The van der Waals surface area contributed by atoms with E-state index in [0.29, 0.717) is 18.2 Å². The summed E-state index contributed by atoms with van der Waals surface area (Å²) in [7, 11) is 1.40. The van der Waals surface area contributed by atoms with Crippen LogP contribution >= 0.6 is 0 Å². The lowest BCUT2D eigenvalue weighted by Gasteiger charge is -2.32.